The highest BCUT2D eigenvalue weighted by Crippen LogP contribution is 2.28. The third kappa shape index (κ3) is 5.20. The molecule has 0 spiro atoms. The van der Waals surface area contributed by atoms with Crippen molar-refractivity contribution >= 4 is 21.8 Å². The van der Waals surface area contributed by atoms with E-state index in [0.29, 0.717) is 13.0 Å². The maximum Gasteiger partial charge on any atom is 0.223 e. The van der Waals surface area contributed by atoms with E-state index in [2.05, 4.69) is 33.5 Å². The molecule has 5 heteroatoms. The van der Waals surface area contributed by atoms with Crippen molar-refractivity contribution < 1.29 is 9.53 Å². The lowest BCUT2D eigenvalue weighted by molar-refractivity contribution is -0.121. The van der Waals surface area contributed by atoms with Gasteiger partial charge in [-0.2, -0.15) is 0 Å². The smallest absolute Gasteiger partial charge is 0.223 e. The van der Waals surface area contributed by atoms with Gasteiger partial charge in [-0.25, -0.2) is 0 Å². The Kier molecular flexibility index (Phi) is 6.87. The van der Waals surface area contributed by atoms with Crippen molar-refractivity contribution in [3.8, 4) is 5.75 Å². The third-order valence-electron chi connectivity index (χ3n) is 2.74. The fourth-order valence-corrected chi connectivity index (χ4v) is 2.39. The van der Waals surface area contributed by atoms with E-state index in [0.717, 1.165) is 34.4 Å². The maximum absolute atomic E-state index is 11.2. The van der Waals surface area contributed by atoms with Crippen LogP contribution in [0.25, 0.3) is 0 Å². The summed E-state index contributed by atoms with van der Waals surface area (Å²) in [7, 11) is 1.63. The first-order valence-electron chi connectivity index (χ1n) is 6.41. The lowest BCUT2D eigenvalue weighted by Gasteiger charge is -2.15. The summed E-state index contributed by atoms with van der Waals surface area (Å²) in [6.07, 6.45) is 0.368. The zero-order valence-corrected chi connectivity index (χ0v) is 13.3. The third-order valence-corrected chi connectivity index (χ3v) is 3.19. The summed E-state index contributed by atoms with van der Waals surface area (Å²) in [5.41, 5.74) is 2.17. The van der Waals surface area contributed by atoms with Gasteiger partial charge in [0.2, 0.25) is 5.91 Å². The minimum Gasteiger partial charge on any atom is -0.492 e. The van der Waals surface area contributed by atoms with Crippen molar-refractivity contribution in [1.82, 2.24) is 10.6 Å². The van der Waals surface area contributed by atoms with Crippen molar-refractivity contribution in [2.75, 3.05) is 20.2 Å². The van der Waals surface area contributed by atoms with Crippen molar-refractivity contribution in [1.29, 1.82) is 0 Å². The molecule has 4 nitrogen and oxygen atoms in total. The van der Waals surface area contributed by atoms with Crippen LogP contribution in [0.1, 0.15) is 24.5 Å². The summed E-state index contributed by atoms with van der Waals surface area (Å²) in [6, 6.07) is 4.07. The molecule has 0 aliphatic rings. The van der Waals surface area contributed by atoms with Gasteiger partial charge >= 0.3 is 0 Å². The average Bonchev–Trinajstić information content (AvgIpc) is 2.38. The number of nitrogens with one attached hydrogen (secondary N) is 2. The number of aryl methyl sites for hydroxylation is 1. The monoisotopic (exact) mass is 328 g/mol. The van der Waals surface area contributed by atoms with E-state index in [1.54, 1.807) is 7.05 Å². The molecular formula is C14H21BrN2O2. The number of amides is 1. The highest BCUT2D eigenvalue weighted by molar-refractivity contribution is 9.10. The Morgan fingerprint density at radius 2 is 2.16 bits per heavy atom. The molecule has 1 rings (SSSR count). The Balaban J connectivity index is 2.76. The molecule has 2 N–H and O–H groups in total. The zero-order valence-electron chi connectivity index (χ0n) is 11.7. The molecule has 0 unspecified atom stereocenters. The summed E-state index contributed by atoms with van der Waals surface area (Å²) >= 11 is 3.49. The Labute approximate surface area is 123 Å². The summed E-state index contributed by atoms with van der Waals surface area (Å²) in [5, 5.41) is 5.87. The van der Waals surface area contributed by atoms with Gasteiger partial charge in [0.25, 0.3) is 0 Å². The number of hydrogen-bond donors (Lipinski definition) is 2. The van der Waals surface area contributed by atoms with E-state index >= 15 is 0 Å². The lowest BCUT2D eigenvalue weighted by atomic mass is 10.1. The number of hydrogen-bond acceptors (Lipinski definition) is 3. The number of halogens is 1. The molecular weight excluding hydrogens is 308 g/mol. The zero-order chi connectivity index (χ0) is 14.3. The fourth-order valence-electron chi connectivity index (χ4n) is 1.77. The predicted octanol–water partition coefficient (Wildman–Crippen LogP) is 2.38. The molecule has 0 saturated heterocycles. The van der Waals surface area contributed by atoms with Crippen molar-refractivity contribution in [2.45, 2.75) is 26.8 Å². The van der Waals surface area contributed by atoms with Crippen LogP contribution in [-0.4, -0.2) is 26.1 Å². The van der Waals surface area contributed by atoms with Crippen LogP contribution in [0.3, 0.4) is 0 Å². The minimum absolute atomic E-state index is 0.0111. The molecule has 0 heterocycles. The SMILES string of the molecule is CCNCc1cc(Br)cc(C)c1OCCC(=O)NC. The molecule has 0 radical (unpaired) electrons. The molecule has 1 amide bonds. The van der Waals surface area contributed by atoms with Crippen LogP contribution in [0, 0.1) is 6.92 Å². The number of benzene rings is 1. The molecule has 0 saturated carbocycles. The lowest BCUT2D eigenvalue weighted by Crippen LogP contribution is -2.20. The summed E-state index contributed by atoms with van der Waals surface area (Å²) in [5.74, 6) is 0.857. The number of ether oxygens (including phenoxy) is 1. The van der Waals surface area contributed by atoms with Crippen molar-refractivity contribution in [3.63, 3.8) is 0 Å². The van der Waals surface area contributed by atoms with Gasteiger partial charge < -0.3 is 15.4 Å². The first-order valence-corrected chi connectivity index (χ1v) is 7.20. The molecule has 106 valence electrons. The van der Waals surface area contributed by atoms with Gasteiger partial charge in [-0.15, -0.1) is 0 Å². The van der Waals surface area contributed by atoms with Crippen molar-refractivity contribution in [3.05, 3.63) is 27.7 Å². The second-order valence-corrected chi connectivity index (χ2v) is 5.18. The van der Waals surface area contributed by atoms with E-state index in [1.165, 1.54) is 0 Å². The van der Waals surface area contributed by atoms with E-state index in [1.807, 2.05) is 19.1 Å². The van der Waals surface area contributed by atoms with E-state index < -0.39 is 0 Å². The molecule has 0 aromatic heterocycles. The normalized spacial score (nSPS) is 10.3. The van der Waals surface area contributed by atoms with Gasteiger partial charge in [-0.1, -0.05) is 22.9 Å². The Morgan fingerprint density at radius 3 is 2.79 bits per heavy atom. The highest BCUT2D eigenvalue weighted by atomic mass is 79.9. The van der Waals surface area contributed by atoms with Gasteiger partial charge in [0, 0.05) is 23.6 Å². The minimum atomic E-state index is -0.0111. The molecule has 19 heavy (non-hydrogen) atoms. The Bertz CT molecular complexity index is 436. The predicted molar refractivity (Wildman–Crippen MR) is 80.4 cm³/mol. The molecule has 1 aromatic carbocycles. The number of carbonyl (C=O) groups is 1. The quantitative estimate of drug-likeness (QED) is 0.808. The van der Waals surface area contributed by atoms with Gasteiger partial charge in [0.05, 0.1) is 13.0 Å². The number of carbonyl (C=O) groups excluding carboxylic acids is 1. The molecule has 0 aliphatic heterocycles. The fraction of sp³-hybridized carbons (Fsp3) is 0.500. The van der Waals surface area contributed by atoms with Gasteiger partial charge in [-0.3, -0.25) is 4.79 Å². The first kappa shape index (κ1) is 16.0. The summed E-state index contributed by atoms with van der Waals surface area (Å²) in [4.78, 5) is 11.2. The largest absolute Gasteiger partial charge is 0.492 e. The maximum atomic E-state index is 11.2. The number of rotatable bonds is 7. The Hall–Kier alpha value is -1.07. The second-order valence-electron chi connectivity index (χ2n) is 4.26. The summed E-state index contributed by atoms with van der Waals surface area (Å²) < 4.78 is 6.81. The van der Waals surface area contributed by atoms with Gasteiger partial charge in [0.1, 0.15) is 5.75 Å². The van der Waals surface area contributed by atoms with E-state index in [4.69, 9.17) is 4.74 Å². The van der Waals surface area contributed by atoms with Crippen molar-refractivity contribution in [2.24, 2.45) is 0 Å². The van der Waals surface area contributed by atoms with Crippen LogP contribution in [0.15, 0.2) is 16.6 Å². The second kappa shape index (κ2) is 8.17. The van der Waals surface area contributed by atoms with Crippen LogP contribution >= 0.6 is 15.9 Å². The Morgan fingerprint density at radius 1 is 1.42 bits per heavy atom. The topological polar surface area (TPSA) is 50.4 Å². The molecule has 0 atom stereocenters. The van der Waals surface area contributed by atoms with E-state index in [-0.39, 0.29) is 5.91 Å². The molecule has 0 fully saturated rings. The molecule has 1 aromatic rings. The van der Waals surface area contributed by atoms with Crippen LogP contribution in [0.4, 0.5) is 0 Å². The first-order chi connectivity index (χ1) is 9.08. The van der Waals surface area contributed by atoms with Crippen LogP contribution in [-0.2, 0) is 11.3 Å². The van der Waals surface area contributed by atoms with Gasteiger partial charge in [0.15, 0.2) is 0 Å². The highest BCUT2D eigenvalue weighted by Gasteiger charge is 2.09. The van der Waals surface area contributed by atoms with Crippen LogP contribution in [0.2, 0.25) is 0 Å². The van der Waals surface area contributed by atoms with Gasteiger partial charge in [-0.05, 0) is 31.2 Å². The van der Waals surface area contributed by atoms with E-state index in [9.17, 15) is 4.79 Å². The average molecular weight is 329 g/mol. The summed E-state index contributed by atoms with van der Waals surface area (Å²) in [6.45, 7) is 6.13. The standard InChI is InChI=1S/C14H21BrN2O2/c1-4-17-9-11-8-12(15)7-10(2)14(11)19-6-5-13(18)16-3/h7-8,17H,4-6,9H2,1-3H3,(H,16,18). The molecule has 0 aliphatic carbocycles. The molecule has 0 bridgehead atoms. The van der Waals surface area contributed by atoms with Crippen LogP contribution in [0.5, 0.6) is 5.75 Å². The van der Waals surface area contributed by atoms with Crippen LogP contribution < -0.4 is 15.4 Å².